The molecule has 0 saturated carbocycles. The zero-order valence-electron chi connectivity index (χ0n) is 16.3. The van der Waals surface area contributed by atoms with Crippen molar-refractivity contribution in [2.24, 2.45) is 0 Å². The Bertz CT molecular complexity index is 842. The van der Waals surface area contributed by atoms with Crippen molar-refractivity contribution in [2.75, 3.05) is 19.7 Å². The Morgan fingerprint density at radius 1 is 1.04 bits per heavy atom. The molecule has 28 heavy (non-hydrogen) atoms. The molecule has 6 heteroatoms. The van der Waals surface area contributed by atoms with Crippen molar-refractivity contribution in [3.8, 4) is 5.75 Å². The lowest BCUT2D eigenvalue weighted by Gasteiger charge is -2.31. The van der Waals surface area contributed by atoms with Gasteiger partial charge >= 0.3 is 0 Å². The largest absolute Gasteiger partial charge is 0.494 e. The number of rotatable bonds is 8. The third-order valence-corrected chi connectivity index (χ3v) is 7.49. The first-order valence-electron chi connectivity index (χ1n) is 9.92. The molecule has 2 aromatic rings. The fraction of sp³-hybridized carbons (Fsp3) is 0.455. The maximum Gasteiger partial charge on any atom is 0.181 e. The molecule has 0 unspecified atom stereocenters. The van der Waals surface area contributed by atoms with Crippen LogP contribution in [-0.4, -0.2) is 38.3 Å². The fourth-order valence-electron chi connectivity index (χ4n) is 3.48. The van der Waals surface area contributed by atoms with Gasteiger partial charge in [0, 0.05) is 6.54 Å². The van der Waals surface area contributed by atoms with Crippen molar-refractivity contribution in [3.05, 3.63) is 59.9 Å². The van der Waals surface area contributed by atoms with E-state index in [1.807, 2.05) is 0 Å². The monoisotopic (exact) mass is 405 g/mol. The molecule has 1 heterocycles. The van der Waals surface area contributed by atoms with E-state index in [0.717, 1.165) is 38.0 Å². The Kier molecular flexibility index (Phi) is 7.08. The predicted molar refractivity (Wildman–Crippen MR) is 109 cm³/mol. The van der Waals surface area contributed by atoms with Crippen molar-refractivity contribution < 1.29 is 17.5 Å². The zero-order chi connectivity index (χ0) is 20.0. The third-order valence-electron chi connectivity index (χ3n) is 5.21. The first-order valence-corrected chi connectivity index (χ1v) is 11.5. The Labute approximate surface area is 167 Å². The van der Waals surface area contributed by atoms with Gasteiger partial charge in [0.15, 0.2) is 9.84 Å². The van der Waals surface area contributed by atoms with Crippen LogP contribution in [0.3, 0.4) is 0 Å². The lowest BCUT2D eigenvalue weighted by atomic mass is 10.1. The molecular weight excluding hydrogens is 377 g/mol. The molecule has 3 rings (SSSR count). The molecule has 0 amide bonds. The molecule has 152 valence electrons. The summed E-state index contributed by atoms with van der Waals surface area (Å²) in [7, 11) is -3.34. The van der Waals surface area contributed by atoms with Gasteiger partial charge in [-0.3, -0.25) is 4.90 Å². The first kappa shape index (κ1) is 20.8. The smallest absolute Gasteiger partial charge is 0.181 e. The van der Waals surface area contributed by atoms with Crippen molar-refractivity contribution >= 4 is 9.84 Å². The van der Waals surface area contributed by atoms with Crippen LogP contribution >= 0.6 is 0 Å². The Morgan fingerprint density at radius 3 is 2.29 bits per heavy atom. The molecule has 4 nitrogen and oxygen atoms in total. The van der Waals surface area contributed by atoms with Crippen molar-refractivity contribution in [1.29, 1.82) is 0 Å². The summed E-state index contributed by atoms with van der Waals surface area (Å²) in [5.41, 5.74) is 1.04. The Morgan fingerprint density at radius 2 is 1.68 bits per heavy atom. The quantitative estimate of drug-likeness (QED) is 0.609. The second kappa shape index (κ2) is 9.52. The van der Waals surface area contributed by atoms with Crippen LogP contribution in [-0.2, 0) is 16.4 Å². The third kappa shape index (κ3) is 5.32. The molecule has 0 atom stereocenters. The summed E-state index contributed by atoms with van der Waals surface area (Å²) in [6, 6.07) is 13.3. The van der Waals surface area contributed by atoms with Gasteiger partial charge in [-0.1, -0.05) is 25.5 Å². The molecule has 0 bridgehead atoms. The summed E-state index contributed by atoms with van der Waals surface area (Å²) in [6.45, 7) is 4.91. The van der Waals surface area contributed by atoms with Crippen molar-refractivity contribution in [2.45, 2.75) is 49.3 Å². The lowest BCUT2D eigenvalue weighted by molar-refractivity contribution is 0.222. The number of unbranched alkanes of at least 4 members (excludes halogenated alkanes) is 1. The highest BCUT2D eigenvalue weighted by Gasteiger charge is 2.31. The number of piperidine rings is 1. The predicted octanol–water partition coefficient (Wildman–Crippen LogP) is 4.44. The zero-order valence-corrected chi connectivity index (χ0v) is 17.1. The van der Waals surface area contributed by atoms with E-state index in [1.165, 1.54) is 12.1 Å². The van der Waals surface area contributed by atoms with E-state index in [-0.39, 0.29) is 11.1 Å². The average Bonchev–Trinajstić information content (AvgIpc) is 2.71. The number of ether oxygens (including phenoxy) is 1. The average molecular weight is 406 g/mol. The van der Waals surface area contributed by atoms with Crippen molar-refractivity contribution in [3.63, 3.8) is 0 Å². The van der Waals surface area contributed by atoms with E-state index in [0.29, 0.717) is 30.1 Å². The van der Waals surface area contributed by atoms with Gasteiger partial charge in [-0.05, 0) is 74.3 Å². The van der Waals surface area contributed by atoms with Crippen LogP contribution < -0.4 is 4.74 Å². The van der Waals surface area contributed by atoms with Gasteiger partial charge in [0.25, 0.3) is 0 Å². The topological polar surface area (TPSA) is 46.6 Å². The summed E-state index contributed by atoms with van der Waals surface area (Å²) in [4.78, 5) is 2.59. The molecular formula is C22H28FNO3S. The maximum absolute atomic E-state index is 13.0. The lowest BCUT2D eigenvalue weighted by Crippen LogP contribution is -2.38. The molecule has 0 aromatic heterocycles. The van der Waals surface area contributed by atoms with Crippen LogP contribution in [0.2, 0.25) is 0 Å². The van der Waals surface area contributed by atoms with E-state index in [9.17, 15) is 12.8 Å². The van der Waals surface area contributed by atoms with E-state index >= 15 is 0 Å². The Hall–Kier alpha value is -1.92. The molecule has 1 saturated heterocycles. The molecule has 0 aliphatic carbocycles. The van der Waals surface area contributed by atoms with Gasteiger partial charge in [-0.2, -0.15) is 0 Å². The van der Waals surface area contributed by atoms with Gasteiger partial charge in [0.1, 0.15) is 11.6 Å². The number of sulfone groups is 1. The molecule has 2 aromatic carbocycles. The van der Waals surface area contributed by atoms with Gasteiger partial charge in [-0.15, -0.1) is 0 Å². The SMILES string of the molecule is CCCCOc1ccc(S(=O)(=O)C2CCN(Cc3ccc(F)cc3)CC2)cc1. The maximum atomic E-state index is 13.0. The van der Waals surface area contributed by atoms with Crippen LogP contribution in [0.1, 0.15) is 38.2 Å². The van der Waals surface area contributed by atoms with E-state index in [2.05, 4.69) is 11.8 Å². The molecule has 0 N–H and O–H groups in total. The van der Waals surface area contributed by atoms with Crippen molar-refractivity contribution in [1.82, 2.24) is 4.90 Å². The molecule has 1 aliphatic rings. The highest BCUT2D eigenvalue weighted by Crippen LogP contribution is 2.26. The summed E-state index contributed by atoms with van der Waals surface area (Å²) in [6.07, 6.45) is 3.26. The highest BCUT2D eigenvalue weighted by atomic mass is 32.2. The Balaban J connectivity index is 1.55. The number of halogens is 1. The number of benzene rings is 2. The minimum Gasteiger partial charge on any atom is -0.494 e. The summed E-state index contributed by atoms with van der Waals surface area (Å²) in [5, 5.41) is -0.358. The van der Waals surface area contributed by atoms with Crippen LogP contribution in [0.5, 0.6) is 5.75 Å². The van der Waals surface area contributed by atoms with E-state index < -0.39 is 9.84 Å². The van der Waals surface area contributed by atoms with E-state index in [1.54, 1.807) is 36.4 Å². The number of nitrogens with zero attached hydrogens (tertiary/aromatic N) is 1. The highest BCUT2D eigenvalue weighted by molar-refractivity contribution is 7.92. The van der Waals surface area contributed by atoms with Gasteiger partial charge < -0.3 is 4.74 Å². The number of hydrogen-bond donors (Lipinski definition) is 0. The van der Waals surface area contributed by atoms with E-state index in [4.69, 9.17) is 4.74 Å². The van der Waals surface area contributed by atoms with Crippen LogP contribution in [0.15, 0.2) is 53.4 Å². The second-order valence-corrected chi connectivity index (χ2v) is 9.55. The van der Waals surface area contributed by atoms with Crippen LogP contribution in [0.4, 0.5) is 4.39 Å². The van der Waals surface area contributed by atoms with Gasteiger partial charge in [-0.25, -0.2) is 12.8 Å². The normalized spacial score (nSPS) is 16.2. The minimum absolute atomic E-state index is 0.240. The molecule has 1 fully saturated rings. The molecule has 0 spiro atoms. The van der Waals surface area contributed by atoms with Gasteiger partial charge in [0.05, 0.1) is 16.8 Å². The number of likely N-dealkylation sites (tertiary alicyclic amines) is 1. The minimum atomic E-state index is -3.34. The molecule has 1 aliphatic heterocycles. The summed E-state index contributed by atoms with van der Waals surface area (Å²) in [5.74, 6) is 0.469. The second-order valence-electron chi connectivity index (χ2n) is 7.32. The van der Waals surface area contributed by atoms with Crippen LogP contribution in [0, 0.1) is 5.82 Å². The number of hydrogen-bond acceptors (Lipinski definition) is 4. The van der Waals surface area contributed by atoms with Gasteiger partial charge in [0.2, 0.25) is 0 Å². The van der Waals surface area contributed by atoms with Crippen LogP contribution in [0.25, 0.3) is 0 Å². The fourth-order valence-corrected chi connectivity index (χ4v) is 5.21. The summed E-state index contributed by atoms with van der Waals surface area (Å²) < 4.78 is 44.6. The first-order chi connectivity index (χ1) is 13.5. The standard InChI is InChI=1S/C22H28FNO3S/c1-2-3-16-27-20-8-10-21(11-9-20)28(25,26)22-12-14-24(15-13-22)17-18-4-6-19(23)7-5-18/h4-11,22H,2-3,12-17H2,1H3. The molecule has 0 radical (unpaired) electrons. The summed E-state index contributed by atoms with van der Waals surface area (Å²) >= 11 is 0.